The van der Waals surface area contributed by atoms with Crippen molar-refractivity contribution in [3.05, 3.63) is 30.3 Å². The Hall–Kier alpha value is -1.92. The van der Waals surface area contributed by atoms with Crippen LogP contribution < -0.4 is 4.90 Å². The average Bonchev–Trinajstić information content (AvgIpc) is 3.04. The van der Waals surface area contributed by atoms with Gasteiger partial charge in [-0.05, 0) is 50.9 Å². The first-order valence-corrected chi connectivity index (χ1v) is 11.1. The highest BCUT2D eigenvalue weighted by Crippen LogP contribution is 2.33. The van der Waals surface area contributed by atoms with Crippen LogP contribution in [-0.4, -0.2) is 73.1 Å². The predicted molar refractivity (Wildman–Crippen MR) is 113 cm³/mol. The van der Waals surface area contributed by atoms with Crippen LogP contribution in [0.25, 0.3) is 0 Å². The normalized spacial score (nSPS) is 23.2. The summed E-state index contributed by atoms with van der Waals surface area (Å²) in [5, 5.41) is 0. The molecule has 1 aromatic rings. The number of nitrogens with zero attached hydrogens (tertiary/aromatic N) is 3. The van der Waals surface area contributed by atoms with Gasteiger partial charge in [-0.3, -0.25) is 9.59 Å². The monoisotopic (exact) mass is 399 g/mol. The molecule has 0 saturated carbocycles. The van der Waals surface area contributed by atoms with E-state index in [9.17, 15) is 9.59 Å². The highest BCUT2D eigenvalue weighted by Gasteiger charge is 2.43. The SMILES string of the molecule is O=C(CCN1CCCCCC1)N1CCC2(CC1)CN(c1ccccc1)C(=O)CO2. The van der Waals surface area contributed by atoms with Crippen molar-refractivity contribution in [2.45, 2.75) is 50.5 Å². The molecule has 0 radical (unpaired) electrons. The molecule has 29 heavy (non-hydrogen) atoms. The maximum absolute atomic E-state index is 12.7. The summed E-state index contributed by atoms with van der Waals surface area (Å²) in [6.07, 6.45) is 7.35. The molecule has 0 aliphatic carbocycles. The zero-order valence-electron chi connectivity index (χ0n) is 17.4. The number of likely N-dealkylation sites (tertiary alicyclic amines) is 2. The van der Waals surface area contributed by atoms with Gasteiger partial charge in [-0.15, -0.1) is 0 Å². The van der Waals surface area contributed by atoms with E-state index in [2.05, 4.69) is 4.90 Å². The zero-order chi connectivity index (χ0) is 20.1. The smallest absolute Gasteiger partial charge is 0.253 e. The van der Waals surface area contributed by atoms with Crippen LogP contribution in [-0.2, 0) is 14.3 Å². The van der Waals surface area contributed by atoms with E-state index in [-0.39, 0.29) is 24.0 Å². The topological polar surface area (TPSA) is 53.1 Å². The Balaban J connectivity index is 1.29. The Bertz CT molecular complexity index is 693. The van der Waals surface area contributed by atoms with E-state index in [4.69, 9.17) is 4.74 Å². The molecule has 6 nitrogen and oxygen atoms in total. The lowest BCUT2D eigenvalue weighted by molar-refractivity contribution is -0.150. The molecule has 0 N–H and O–H groups in total. The lowest BCUT2D eigenvalue weighted by Crippen LogP contribution is -2.59. The molecule has 3 aliphatic rings. The van der Waals surface area contributed by atoms with Gasteiger partial charge in [-0.1, -0.05) is 31.0 Å². The molecule has 0 unspecified atom stereocenters. The number of piperidine rings is 1. The van der Waals surface area contributed by atoms with Gasteiger partial charge in [0.1, 0.15) is 6.61 Å². The second kappa shape index (κ2) is 9.26. The first kappa shape index (κ1) is 20.4. The highest BCUT2D eigenvalue weighted by molar-refractivity contribution is 5.95. The standard InChI is InChI=1S/C23H33N3O3/c27-21(10-15-24-13-6-1-2-7-14-24)25-16-11-23(12-17-25)19-26(22(28)18-29-23)20-8-4-3-5-9-20/h3-5,8-9H,1-2,6-7,10-19H2. The summed E-state index contributed by atoms with van der Waals surface area (Å²) in [5.74, 6) is 0.272. The summed E-state index contributed by atoms with van der Waals surface area (Å²) >= 11 is 0. The Morgan fingerprint density at radius 2 is 1.66 bits per heavy atom. The number of morpholine rings is 1. The van der Waals surface area contributed by atoms with Crippen LogP contribution in [0.2, 0.25) is 0 Å². The van der Waals surface area contributed by atoms with Crippen LogP contribution in [0.4, 0.5) is 5.69 Å². The maximum Gasteiger partial charge on any atom is 0.253 e. The van der Waals surface area contributed by atoms with Crippen LogP contribution in [0.5, 0.6) is 0 Å². The fourth-order valence-corrected chi connectivity index (χ4v) is 4.80. The minimum atomic E-state index is -0.328. The average molecular weight is 400 g/mol. The molecule has 3 heterocycles. The van der Waals surface area contributed by atoms with E-state index in [1.54, 1.807) is 0 Å². The Morgan fingerprint density at radius 1 is 0.966 bits per heavy atom. The molecular weight excluding hydrogens is 366 g/mol. The van der Waals surface area contributed by atoms with Gasteiger partial charge in [0, 0.05) is 31.7 Å². The van der Waals surface area contributed by atoms with Gasteiger partial charge < -0.3 is 19.4 Å². The quantitative estimate of drug-likeness (QED) is 0.781. The van der Waals surface area contributed by atoms with Crippen molar-refractivity contribution in [3.8, 4) is 0 Å². The Labute approximate surface area is 173 Å². The molecule has 2 amide bonds. The third-order valence-electron chi connectivity index (χ3n) is 6.68. The van der Waals surface area contributed by atoms with E-state index in [0.29, 0.717) is 13.0 Å². The number of rotatable bonds is 4. The van der Waals surface area contributed by atoms with Gasteiger partial charge >= 0.3 is 0 Å². The van der Waals surface area contributed by atoms with E-state index >= 15 is 0 Å². The number of benzene rings is 1. The summed E-state index contributed by atoms with van der Waals surface area (Å²) in [6, 6.07) is 9.81. The summed E-state index contributed by atoms with van der Waals surface area (Å²) in [5.41, 5.74) is 0.599. The second-order valence-corrected chi connectivity index (χ2v) is 8.67. The van der Waals surface area contributed by atoms with Crippen LogP contribution in [0.3, 0.4) is 0 Å². The molecular formula is C23H33N3O3. The van der Waals surface area contributed by atoms with Crippen LogP contribution in [0.1, 0.15) is 44.9 Å². The molecule has 0 aromatic heterocycles. The third-order valence-corrected chi connectivity index (χ3v) is 6.68. The first-order chi connectivity index (χ1) is 14.2. The Morgan fingerprint density at radius 3 is 2.34 bits per heavy atom. The molecule has 1 aromatic carbocycles. The lowest BCUT2D eigenvalue weighted by Gasteiger charge is -2.47. The maximum atomic E-state index is 12.7. The van der Waals surface area contributed by atoms with Crippen molar-refractivity contribution in [1.29, 1.82) is 0 Å². The van der Waals surface area contributed by atoms with Gasteiger partial charge in [-0.2, -0.15) is 0 Å². The van der Waals surface area contributed by atoms with Gasteiger partial charge in [0.25, 0.3) is 5.91 Å². The van der Waals surface area contributed by atoms with E-state index in [0.717, 1.165) is 51.3 Å². The van der Waals surface area contributed by atoms with Gasteiger partial charge in [-0.25, -0.2) is 0 Å². The highest BCUT2D eigenvalue weighted by atomic mass is 16.5. The first-order valence-electron chi connectivity index (χ1n) is 11.1. The zero-order valence-corrected chi connectivity index (χ0v) is 17.4. The number of amides is 2. The summed E-state index contributed by atoms with van der Waals surface area (Å²) in [4.78, 5) is 31.4. The summed E-state index contributed by atoms with van der Waals surface area (Å²) in [6.45, 7) is 5.28. The number of carbonyl (C=O) groups is 2. The minimum absolute atomic E-state index is 0.0118. The number of para-hydroxylation sites is 1. The van der Waals surface area contributed by atoms with Crippen molar-refractivity contribution in [3.63, 3.8) is 0 Å². The molecule has 1 spiro atoms. The van der Waals surface area contributed by atoms with Crippen molar-refractivity contribution in [2.24, 2.45) is 0 Å². The molecule has 3 aliphatic heterocycles. The predicted octanol–water partition coefficient (Wildman–Crippen LogP) is 2.68. The lowest BCUT2D eigenvalue weighted by atomic mass is 9.89. The summed E-state index contributed by atoms with van der Waals surface area (Å²) < 4.78 is 6.03. The summed E-state index contributed by atoms with van der Waals surface area (Å²) in [7, 11) is 0. The molecule has 4 rings (SSSR count). The van der Waals surface area contributed by atoms with E-state index in [1.807, 2.05) is 40.1 Å². The second-order valence-electron chi connectivity index (χ2n) is 8.67. The Kier molecular flexibility index (Phi) is 6.50. The molecule has 3 saturated heterocycles. The molecule has 0 atom stereocenters. The van der Waals surface area contributed by atoms with Crippen LogP contribution in [0.15, 0.2) is 30.3 Å². The van der Waals surface area contributed by atoms with E-state index in [1.165, 1.54) is 25.7 Å². The molecule has 6 heteroatoms. The van der Waals surface area contributed by atoms with Crippen molar-refractivity contribution < 1.29 is 14.3 Å². The number of anilines is 1. The molecule has 158 valence electrons. The van der Waals surface area contributed by atoms with Crippen LogP contribution >= 0.6 is 0 Å². The number of hydrogen-bond donors (Lipinski definition) is 0. The fourth-order valence-electron chi connectivity index (χ4n) is 4.80. The third kappa shape index (κ3) is 4.98. The molecule has 3 fully saturated rings. The number of ether oxygens (including phenoxy) is 1. The largest absolute Gasteiger partial charge is 0.363 e. The van der Waals surface area contributed by atoms with Gasteiger partial charge in [0.2, 0.25) is 5.91 Å². The number of carbonyl (C=O) groups excluding carboxylic acids is 2. The molecule has 0 bridgehead atoms. The van der Waals surface area contributed by atoms with Crippen molar-refractivity contribution >= 4 is 17.5 Å². The van der Waals surface area contributed by atoms with Gasteiger partial charge in [0.15, 0.2) is 0 Å². The van der Waals surface area contributed by atoms with Crippen molar-refractivity contribution in [2.75, 3.05) is 50.8 Å². The fraction of sp³-hybridized carbons (Fsp3) is 0.652. The van der Waals surface area contributed by atoms with Gasteiger partial charge in [0.05, 0.1) is 12.1 Å². The number of hydrogen-bond acceptors (Lipinski definition) is 4. The van der Waals surface area contributed by atoms with Crippen LogP contribution in [0, 0.1) is 0 Å². The minimum Gasteiger partial charge on any atom is -0.363 e. The van der Waals surface area contributed by atoms with Crippen molar-refractivity contribution in [1.82, 2.24) is 9.80 Å². The van der Waals surface area contributed by atoms with E-state index < -0.39 is 0 Å².